The molecule has 0 bridgehead atoms. The Kier molecular flexibility index (Phi) is 1.72. The molecule has 0 unspecified atom stereocenters. The Hall–Kier alpha value is -1.51. The van der Waals surface area contributed by atoms with Crippen LogP contribution in [0.1, 0.15) is 0 Å². The van der Waals surface area contributed by atoms with Crippen molar-refractivity contribution in [3.05, 3.63) is 18.3 Å². The maximum atomic E-state index is 9.45. The molecule has 3 nitrogen and oxygen atoms in total. The number of aromatic nitrogens is 2. The summed E-state index contributed by atoms with van der Waals surface area (Å²) in [6.45, 7) is 0. The van der Waals surface area contributed by atoms with Crippen molar-refractivity contribution in [3.8, 4) is 5.75 Å². The molecule has 0 aliphatic carbocycles. The minimum absolute atomic E-state index is 0.0177. The number of nitrogens with zero attached hydrogens (tertiary/aromatic N) is 2. The molecule has 0 spiro atoms. The molecule has 0 fully saturated rings. The van der Waals surface area contributed by atoms with E-state index in [1.807, 2.05) is 0 Å². The molecule has 58 valence electrons. The highest BCUT2D eigenvalue weighted by Gasteiger charge is 2.02. The Bertz CT molecular complexity index is 473. The van der Waals surface area contributed by atoms with Crippen molar-refractivity contribution in [2.24, 2.45) is 0 Å². The first-order valence-corrected chi connectivity index (χ1v) is 3.67. The molecular weight excluding hydrogens is 162 g/mol. The van der Waals surface area contributed by atoms with Gasteiger partial charge in [-0.3, -0.25) is 4.98 Å². The highest BCUT2D eigenvalue weighted by molar-refractivity contribution is 6.33. The molecule has 1 heterocycles. The molecule has 0 amide bonds. The molecule has 1 N–H and O–H groups in total. The lowest BCUT2D eigenvalue weighted by Crippen LogP contribution is -2.13. The largest absolute Gasteiger partial charge is 0.506 e. The fourth-order valence-corrected chi connectivity index (χ4v) is 1.16. The van der Waals surface area contributed by atoms with Crippen LogP contribution < -0.4 is 11.2 Å². The van der Waals surface area contributed by atoms with Gasteiger partial charge >= 0.3 is 0 Å². The highest BCUT2D eigenvalue weighted by Crippen LogP contribution is 2.18. The van der Waals surface area contributed by atoms with Gasteiger partial charge in [-0.05, 0) is 6.07 Å². The number of benzene rings is 1. The van der Waals surface area contributed by atoms with Crippen molar-refractivity contribution < 1.29 is 5.11 Å². The molecule has 2 aromatic rings. The van der Waals surface area contributed by atoms with Crippen molar-refractivity contribution in [2.45, 2.75) is 0 Å². The van der Waals surface area contributed by atoms with Crippen LogP contribution in [0.4, 0.5) is 0 Å². The van der Waals surface area contributed by atoms with Crippen LogP contribution >= 0.6 is 0 Å². The molecule has 0 saturated carbocycles. The van der Waals surface area contributed by atoms with E-state index < -0.39 is 0 Å². The van der Waals surface area contributed by atoms with Crippen LogP contribution in [0.2, 0.25) is 0 Å². The fourth-order valence-electron chi connectivity index (χ4n) is 1.16. The van der Waals surface area contributed by atoms with Crippen molar-refractivity contribution in [1.29, 1.82) is 0 Å². The molecular formula is C8H4B2N2O. The predicted octanol–water partition coefficient (Wildman–Crippen LogP) is -1.08. The summed E-state index contributed by atoms with van der Waals surface area (Å²) in [5.41, 5.74) is 1.02. The van der Waals surface area contributed by atoms with Crippen molar-refractivity contribution >= 4 is 37.8 Å². The van der Waals surface area contributed by atoms with E-state index in [1.165, 1.54) is 12.3 Å². The summed E-state index contributed by atoms with van der Waals surface area (Å²) in [6.07, 6.45) is 1.52. The van der Waals surface area contributed by atoms with Crippen LogP contribution in [0.5, 0.6) is 5.75 Å². The zero-order chi connectivity index (χ0) is 9.42. The SMILES string of the molecule is [B]c1cc(O)c2nc([B])ncc2c1. The lowest BCUT2D eigenvalue weighted by atomic mass is 9.94. The second-order valence-electron chi connectivity index (χ2n) is 2.71. The average Bonchev–Trinajstić information content (AvgIpc) is 2.06. The quantitative estimate of drug-likeness (QED) is 0.506. The van der Waals surface area contributed by atoms with E-state index in [9.17, 15) is 5.11 Å². The Morgan fingerprint density at radius 3 is 2.77 bits per heavy atom. The van der Waals surface area contributed by atoms with E-state index in [2.05, 4.69) is 9.97 Å². The zero-order valence-corrected chi connectivity index (χ0v) is 6.73. The van der Waals surface area contributed by atoms with Crippen molar-refractivity contribution in [1.82, 2.24) is 9.97 Å². The third kappa shape index (κ3) is 1.37. The summed E-state index contributed by atoms with van der Waals surface area (Å²) in [4.78, 5) is 7.67. The van der Waals surface area contributed by atoms with E-state index >= 15 is 0 Å². The number of hydrogen-bond acceptors (Lipinski definition) is 3. The van der Waals surface area contributed by atoms with Crippen LogP contribution in [-0.2, 0) is 0 Å². The summed E-state index contributed by atoms with van der Waals surface area (Å²) in [7, 11) is 10.9. The Labute approximate surface area is 77.7 Å². The second-order valence-corrected chi connectivity index (χ2v) is 2.71. The van der Waals surface area contributed by atoms with Gasteiger partial charge in [0, 0.05) is 11.6 Å². The molecule has 0 aliphatic heterocycles. The van der Waals surface area contributed by atoms with Gasteiger partial charge < -0.3 is 5.11 Å². The van der Waals surface area contributed by atoms with Gasteiger partial charge in [-0.25, -0.2) is 4.98 Å². The maximum absolute atomic E-state index is 9.45. The Balaban J connectivity index is 2.87. The van der Waals surface area contributed by atoms with Crippen molar-refractivity contribution in [3.63, 3.8) is 0 Å². The first kappa shape index (κ1) is 8.10. The number of fused-ring (bicyclic) bond motifs is 1. The van der Waals surface area contributed by atoms with Gasteiger partial charge in [0.2, 0.25) is 0 Å². The number of phenolic OH excluding ortho intramolecular Hbond substituents is 1. The van der Waals surface area contributed by atoms with E-state index in [1.54, 1.807) is 6.07 Å². The standard InChI is InChI=1S/C8H4B2N2O/c9-5-1-4-3-11-8(10)12-7(4)6(13)2-5/h1-3,13H. The summed E-state index contributed by atoms with van der Waals surface area (Å²) >= 11 is 0. The normalized spacial score (nSPS) is 10.5. The molecule has 4 radical (unpaired) electrons. The first-order chi connectivity index (χ1) is 6.16. The third-order valence-corrected chi connectivity index (χ3v) is 1.70. The van der Waals surface area contributed by atoms with Gasteiger partial charge in [0.1, 0.15) is 19.1 Å². The molecule has 13 heavy (non-hydrogen) atoms. The van der Waals surface area contributed by atoms with Crippen LogP contribution in [0.25, 0.3) is 10.9 Å². The van der Waals surface area contributed by atoms with Gasteiger partial charge in [0.25, 0.3) is 0 Å². The minimum atomic E-state index is 0.0177. The molecule has 2 rings (SSSR count). The van der Waals surface area contributed by atoms with Crippen LogP contribution in [-0.4, -0.2) is 30.8 Å². The predicted molar refractivity (Wildman–Crippen MR) is 52.0 cm³/mol. The van der Waals surface area contributed by atoms with Gasteiger partial charge in [-0.1, -0.05) is 11.5 Å². The molecule has 1 aromatic carbocycles. The van der Waals surface area contributed by atoms with Gasteiger partial charge in [-0.15, -0.1) is 0 Å². The van der Waals surface area contributed by atoms with Gasteiger partial charge in [0.05, 0.1) is 5.72 Å². The number of hydrogen-bond donors (Lipinski definition) is 1. The fraction of sp³-hybridized carbons (Fsp3) is 0. The molecule has 0 saturated heterocycles. The maximum Gasteiger partial charge on any atom is 0.170 e. The summed E-state index contributed by atoms with van der Waals surface area (Å²) in [5.74, 6) is 0.0177. The highest BCUT2D eigenvalue weighted by atomic mass is 16.3. The zero-order valence-electron chi connectivity index (χ0n) is 6.73. The lowest BCUT2D eigenvalue weighted by molar-refractivity contribution is 0.481. The third-order valence-electron chi connectivity index (χ3n) is 1.70. The Morgan fingerprint density at radius 1 is 1.23 bits per heavy atom. The van der Waals surface area contributed by atoms with E-state index in [4.69, 9.17) is 15.7 Å². The summed E-state index contributed by atoms with van der Waals surface area (Å²) in [5, 5.41) is 10.1. The minimum Gasteiger partial charge on any atom is -0.506 e. The molecule has 0 aliphatic rings. The van der Waals surface area contributed by atoms with E-state index in [0.29, 0.717) is 16.4 Å². The Morgan fingerprint density at radius 2 is 2.00 bits per heavy atom. The van der Waals surface area contributed by atoms with Crippen LogP contribution in [0.15, 0.2) is 18.3 Å². The summed E-state index contributed by atoms with van der Waals surface area (Å²) < 4.78 is 0. The monoisotopic (exact) mass is 166 g/mol. The first-order valence-electron chi connectivity index (χ1n) is 3.67. The number of rotatable bonds is 0. The average molecular weight is 166 g/mol. The number of aromatic hydroxyl groups is 1. The van der Waals surface area contributed by atoms with Crippen LogP contribution in [0, 0.1) is 0 Å². The van der Waals surface area contributed by atoms with E-state index in [0.717, 1.165) is 0 Å². The molecule has 1 aromatic heterocycles. The smallest absolute Gasteiger partial charge is 0.170 e. The molecule has 5 heteroatoms. The topological polar surface area (TPSA) is 46.0 Å². The van der Waals surface area contributed by atoms with Gasteiger partial charge in [0.15, 0.2) is 7.85 Å². The van der Waals surface area contributed by atoms with Gasteiger partial charge in [-0.2, -0.15) is 0 Å². The second kappa shape index (κ2) is 2.76. The van der Waals surface area contributed by atoms with Crippen LogP contribution in [0.3, 0.4) is 0 Å². The van der Waals surface area contributed by atoms with Crippen molar-refractivity contribution in [2.75, 3.05) is 0 Å². The molecule has 0 atom stereocenters. The van der Waals surface area contributed by atoms with E-state index in [-0.39, 0.29) is 11.5 Å². The summed E-state index contributed by atoms with van der Waals surface area (Å²) in [6, 6.07) is 3.10. The lowest BCUT2D eigenvalue weighted by Gasteiger charge is -2.02. The number of phenols is 1.